The Hall–Kier alpha value is -2.24. The van der Waals surface area contributed by atoms with Crippen molar-refractivity contribution in [3.05, 3.63) is 23.8 Å². The molecule has 2 saturated heterocycles. The first kappa shape index (κ1) is 21.0. The van der Waals surface area contributed by atoms with E-state index < -0.39 is 0 Å². The first-order valence-electron chi connectivity index (χ1n) is 11.4. The van der Waals surface area contributed by atoms with Gasteiger partial charge in [-0.3, -0.25) is 9.59 Å². The van der Waals surface area contributed by atoms with E-state index in [1.165, 1.54) is 25.7 Å². The molecule has 4 rings (SSSR count). The van der Waals surface area contributed by atoms with Crippen LogP contribution in [0.5, 0.6) is 11.5 Å². The van der Waals surface area contributed by atoms with Crippen molar-refractivity contribution in [3.8, 4) is 11.5 Å². The second kappa shape index (κ2) is 9.27. The van der Waals surface area contributed by atoms with E-state index in [0.29, 0.717) is 43.0 Å². The Bertz CT molecular complexity index is 778. The molecule has 6 nitrogen and oxygen atoms in total. The van der Waals surface area contributed by atoms with Crippen LogP contribution in [0.3, 0.4) is 0 Å². The van der Waals surface area contributed by atoms with Gasteiger partial charge in [-0.2, -0.15) is 0 Å². The van der Waals surface area contributed by atoms with Crippen LogP contribution in [0.25, 0.3) is 0 Å². The molecule has 2 aliphatic heterocycles. The van der Waals surface area contributed by atoms with Gasteiger partial charge in [0.05, 0.1) is 20.1 Å². The number of ether oxygens (including phenoxy) is 2. The Morgan fingerprint density at radius 2 is 1.83 bits per heavy atom. The molecule has 2 amide bonds. The summed E-state index contributed by atoms with van der Waals surface area (Å²) in [6, 6.07) is 6.26. The minimum absolute atomic E-state index is 0.103. The molecule has 0 N–H and O–H groups in total. The van der Waals surface area contributed by atoms with Crippen LogP contribution in [0.15, 0.2) is 18.2 Å². The number of benzene rings is 1. The lowest BCUT2D eigenvalue weighted by Crippen LogP contribution is -2.51. The molecule has 6 heteroatoms. The maximum Gasteiger partial charge on any atom is 0.228 e. The number of methoxy groups -OCH3 is 2. The maximum absolute atomic E-state index is 13.3. The lowest BCUT2D eigenvalue weighted by atomic mass is 9.78. The molecule has 164 valence electrons. The first-order chi connectivity index (χ1) is 14.6. The van der Waals surface area contributed by atoms with Crippen molar-refractivity contribution in [2.45, 2.75) is 57.4 Å². The van der Waals surface area contributed by atoms with E-state index in [1.807, 2.05) is 23.1 Å². The van der Waals surface area contributed by atoms with E-state index >= 15 is 0 Å². The Kier molecular flexibility index (Phi) is 6.49. The second-order valence-electron chi connectivity index (χ2n) is 8.97. The Balaban J connectivity index is 1.35. The molecule has 2 heterocycles. The number of hydrogen-bond donors (Lipinski definition) is 0. The normalized spacial score (nSPS) is 26.5. The van der Waals surface area contributed by atoms with Gasteiger partial charge in [-0.05, 0) is 55.7 Å². The molecule has 3 fully saturated rings. The highest BCUT2D eigenvalue weighted by molar-refractivity contribution is 5.89. The van der Waals surface area contributed by atoms with Crippen molar-refractivity contribution in [2.75, 3.05) is 33.9 Å². The fourth-order valence-corrected chi connectivity index (χ4v) is 5.59. The SMILES string of the molecule is COc1ccc(CCN2CC(C(=O)N3CCCC4CCCCC43)CC2=O)cc1OC. The lowest BCUT2D eigenvalue weighted by molar-refractivity contribution is -0.142. The van der Waals surface area contributed by atoms with Crippen molar-refractivity contribution in [2.24, 2.45) is 11.8 Å². The molecule has 3 unspecified atom stereocenters. The number of amides is 2. The van der Waals surface area contributed by atoms with Crippen molar-refractivity contribution >= 4 is 11.8 Å². The zero-order chi connectivity index (χ0) is 21.1. The summed E-state index contributed by atoms with van der Waals surface area (Å²) in [5, 5.41) is 0. The van der Waals surface area contributed by atoms with Crippen molar-refractivity contribution in [1.29, 1.82) is 0 Å². The predicted octanol–water partition coefficient (Wildman–Crippen LogP) is 3.28. The van der Waals surface area contributed by atoms with Gasteiger partial charge < -0.3 is 19.3 Å². The number of piperidine rings is 1. The summed E-state index contributed by atoms with van der Waals surface area (Å²) < 4.78 is 10.7. The van der Waals surface area contributed by atoms with E-state index in [1.54, 1.807) is 14.2 Å². The maximum atomic E-state index is 13.3. The fourth-order valence-electron chi connectivity index (χ4n) is 5.59. The molecule has 1 aromatic carbocycles. The van der Waals surface area contributed by atoms with Gasteiger partial charge in [0.2, 0.25) is 11.8 Å². The average Bonchev–Trinajstić information content (AvgIpc) is 3.17. The van der Waals surface area contributed by atoms with Crippen LogP contribution in [0, 0.1) is 11.8 Å². The molecule has 0 aromatic heterocycles. The standard InChI is InChI=1S/C24H34N2O4/c1-29-21-10-9-17(14-22(21)30-2)11-13-25-16-19(15-23(25)27)24(28)26-12-5-7-18-6-3-4-8-20(18)26/h9-10,14,18-20H,3-8,11-13,15-16H2,1-2H3. The van der Waals surface area contributed by atoms with E-state index in [2.05, 4.69) is 4.90 Å². The van der Waals surface area contributed by atoms with Gasteiger partial charge in [-0.1, -0.05) is 18.9 Å². The molecular formula is C24H34N2O4. The van der Waals surface area contributed by atoms with Crippen LogP contribution in [0.4, 0.5) is 0 Å². The van der Waals surface area contributed by atoms with Crippen LogP contribution in [-0.2, 0) is 16.0 Å². The number of nitrogens with zero attached hydrogens (tertiary/aromatic N) is 2. The quantitative estimate of drug-likeness (QED) is 0.717. The van der Waals surface area contributed by atoms with Gasteiger partial charge in [-0.15, -0.1) is 0 Å². The number of rotatable bonds is 6. The molecule has 1 saturated carbocycles. The van der Waals surface area contributed by atoms with E-state index in [9.17, 15) is 9.59 Å². The minimum Gasteiger partial charge on any atom is -0.493 e. The van der Waals surface area contributed by atoms with Gasteiger partial charge in [-0.25, -0.2) is 0 Å². The fraction of sp³-hybridized carbons (Fsp3) is 0.667. The molecule has 1 aliphatic carbocycles. The highest BCUT2D eigenvalue weighted by Crippen LogP contribution is 2.37. The largest absolute Gasteiger partial charge is 0.493 e. The average molecular weight is 415 g/mol. The number of carbonyl (C=O) groups is 2. The summed E-state index contributed by atoms with van der Waals surface area (Å²) in [7, 11) is 3.24. The highest BCUT2D eigenvalue weighted by atomic mass is 16.5. The van der Waals surface area contributed by atoms with Crippen LogP contribution in [0.2, 0.25) is 0 Å². The summed E-state index contributed by atoms with van der Waals surface area (Å²) in [5.41, 5.74) is 1.09. The van der Waals surface area contributed by atoms with Crippen molar-refractivity contribution in [1.82, 2.24) is 9.80 Å². The molecule has 30 heavy (non-hydrogen) atoms. The summed E-state index contributed by atoms with van der Waals surface area (Å²) >= 11 is 0. The molecule has 0 spiro atoms. The van der Waals surface area contributed by atoms with E-state index in [4.69, 9.17) is 9.47 Å². The second-order valence-corrected chi connectivity index (χ2v) is 8.97. The summed E-state index contributed by atoms with van der Waals surface area (Å²) in [5.74, 6) is 2.22. The third-order valence-electron chi connectivity index (χ3n) is 7.21. The molecule has 1 aromatic rings. The van der Waals surface area contributed by atoms with Gasteiger partial charge in [0.1, 0.15) is 0 Å². The van der Waals surface area contributed by atoms with Gasteiger partial charge in [0, 0.05) is 32.1 Å². The number of carbonyl (C=O) groups excluding carboxylic acids is 2. The van der Waals surface area contributed by atoms with Crippen LogP contribution >= 0.6 is 0 Å². The Labute approximate surface area is 179 Å². The molecule has 0 radical (unpaired) electrons. The molecular weight excluding hydrogens is 380 g/mol. The minimum atomic E-state index is -0.177. The topological polar surface area (TPSA) is 59.1 Å². The molecule has 3 aliphatic rings. The van der Waals surface area contributed by atoms with Gasteiger partial charge in [0.15, 0.2) is 11.5 Å². The monoisotopic (exact) mass is 414 g/mol. The van der Waals surface area contributed by atoms with Gasteiger partial charge >= 0.3 is 0 Å². The Morgan fingerprint density at radius 1 is 1.07 bits per heavy atom. The number of hydrogen-bond acceptors (Lipinski definition) is 4. The van der Waals surface area contributed by atoms with Gasteiger partial charge in [0.25, 0.3) is 0 Å². The lowest BCUT2D eigenvalue weighted by Gasteiger charge is -2.45. The van der Waals surface area contributed by atoms with E-state index in [0.717, 1.165) is 31.4 Å². The third-order valence-corrected chi connectivity index (χ3v) is 7.21. The Morgan fingerprint density at radius 3 is 2.63 bits per heavy atom. The van der Waals surface area contributed by atoms with Crippen molar-refractivity contribution < 1.29 is 19.1 Å². The zero-order valence-electron chi connectivity index (χ0n) is 18.3. The highest BCUT2D eigenvalue weighted by Gasteiger charge is 2.41. The van der Waals surface area contributed by atoms with Crippen LogP contribution < -0.4 is 9.47 Å². The predicted molar refractivity (Wildman–Crippen MR) is 115 cm³/mol. The first-order valence-corrected chi connectivity index (χ1v) is 11.4. The third kappa shape index (κ3) is 4.28. The number of likely N-dealkylation sites (tertiary alicyclic amines) is 2. The molecule has 0 bridgehead atoms. The summed E-state index contributed by atoms with van der Waals surface area (Å²) in [4.78, 5) is 29.9. The van der Waals surface area contributed by atoms with Crippen LogP contribution in [0.1, 0.15) is 50.5 Å². The van der Waals surface area contributed by atoms with Crippen LogP contribution in [-0.4, -0.2) is 61.5 Å². The zero-order valence-corrected chi connectivity index (χ0v) is 18.3. The summed E-state index contributed by atoms with van der Waals surface area (Å²) in [6.07, 6.45) is 8.39. The van der Waals surface area contributed by atoms with Crippen molar-refractivity contribution in [3.63, 3.8) is 0 Å². The molecule has 3 atom stereocenters. The summed E-state index contributed by atoms with van der Waals surface area (Å²) in [6.45, 7) is 2.05. The smallest absolute Gasteiger partial charge is 0.228 e. The van der Waals surface area contributed by atoms with E-state index in [-0.39, 0.29) is 17.7 Å². The number of fused-ring (bicyclic) bond motifs is 1.